The Morgan fingerprint density at radius 2 is 0.655 bits per heavy atom. The van der Waals surface area contributed by atoms with Crippen molar-refractivity contribution >= 4 is 23.9 Å². The van der Waals surface area contributed by atoms with Gasteiger partial charge in [0.05, 0.1) is 22.7 Å². The van der Waals surface area contributed by atoms with Crippen molar-refractivity contribution in [1.82, 2.24) is 0 Å². The van der Waals surface area contributed by atoms with E-state index in [4.69, 9.17) is 77.0 Å². The van der Waals surface area contributed by atoms with Crippen LogP contribution in [0.3, 0.4) is 0 Å². The normalized spacial score (nSPS) is 58.0. The molecule has 4 spiro atoms. The monoisotopic (exact) mass is 1180 g/mol. The zero-order chi connectivity index (χ0) is 58.0. The minimum Gasteiger partial charge on any atom is -0.432 e. The first-order chi connectivity index (χ1) is 40.1. The van der Waals surface area contributed by atoms with Crippen LogP contribution in [-0.4, -0.2) is 94.6 Å². The van der Waals surface area contributed by atoms with Crippen molar-refractivity contribution in [3.63, 3.8) is 0 Å². The van der Waals surface area contributed by atoms with Crippen molar-refractivity contribution in [2.75, 3.05) is 0 Å². The van der Waals surface area contributed by atoms with Crippen molar-refractivity contribution in [2.45, 2.75) is 280 Å². The van der Waals surface area contributed by atoms with Crippen LogP contribution in [0.4, 0.5) is 0 Å². The highest BCUT2D eigenvalue weighted by molar-refractivity contribution is 5.82. The highest BCUT2D eigenvalue weighted by Gasteiger charge is 2.80. The maximum atomic E-state index is 15.7. The van der Waals surface area contributed by atoms with Crippen molar-refractivity contribution in [3.05, 3.63) is 0 Å². The molecule has 0 radical (unpaired) electrons. The lowest BCUT2D eigenvalue weighted by molar-refractivity contribution is -0.564. The third-order valence-corrected chi connectivity index (χ3v) is 26.7. The Morgan fingerprint density at radius 1 is 0.345 bits per heavy atom. The predicted octanol–water partition coefficient (Wildman–Crippen LogP) is 10.4. The molecular weight excluding hydrogens is 1090 g/mol. The van der Waals surface area contributed by atoms with E-state index in [9.17, 15) is 0 Å². The van der Waals surface area contributed by atoms with Gasteiger partial charge in [-0.1, -0.05) is 53.4 Å². The second-order valence-corrected chi connectivity index (χ2v) is 31.1. The minimum absolute atomic E-state index is 0.00219. The van der Waals surface area contributed by atoms with Gasteiger partial charge >= 0.3 is 23.9 Å². The summed E-state index contributed by atoms with van der Waals surface area (Å²) in [6, 6.07) is 0. The average molecular weight is 1180 g/mol. The summed E-state index contributed by atoms with van der Waals surface area (Å²) in [5, 5.41) is 0. The van der Waals surface area contributed by atoms with Crippen LogP contribution in [-0.2, 0) is 96.2 Å². The van der Waals surface area contributed by atoms with E-state index < -0.39 is 117 Å². The zero-order valence-electron chi connectivity index (χ0n) is 50.5. The summed E-state index contributed by atoms with van der Waals surface area (Å²) in [6.07, 6.45) is 11.4. The number of fused-ring (bicyclic) bond motifs is 8. The van der Waals surface area contributed by atoms with Crippen LogP contribution in [0.25, 0.3) is 0 Å². The van der Waals surface area contributed by atoms with Crippen molar-refractivity contribution in [3.8, 4) is 0 Å². The van der Waals surface area contributed by atoms with Crippen molar-refractivity contribution in [1.29, 1.82) is 0 Å². The first kappa shape index (κ1) is 56.6. The third kappa shape index (κ3) is 7.54. The predicted molar refractivity (Wildman–Crippen MR) is 284 cm³/mol. The number of ether oxygens (including phenoxy) is 8. The van der Waals surface area contributed by atoms with E-state index in [0.717, 1.165) is 51.4 Å². The molecule has 8 bridgehead atoms. The molecule has 20 heteroatoms. The molecule has 84 heavy (non-hydrogen) atoms. The molecule has 0 aromatic carbocycles. The van der Waals surface area contributed by atoms with Gasteiger partial charge in [0.1, 0.15) is 0 Å². The molecule has 16 heterocycles. The van der Waals surface area contributed by atoms with E-state index in [0.29, 0.717) is 89.9 Å². The van der Waals surface area contributed by atoms with E-state index in [1.54, 1.807) is 0 Å². The number of hydrogen-bond acceptors (Lipinski definition) is 20. The first-order valence-electron chi connectivity index (χ1n) is 33.1. The Hall–Kier alpha value is -2.60. The smallest absolute Gasteiger partial charge is 0.314 e. The van der Waals surface area contributed by atoms with Crippen LogP contribution in [0.1, 0.15) is 209 Å². The minimum atomic E-state index is -1.22. The van der Waals surface area contributed by atoms with E-state index in [1.165, 1.54) is 0 Å². The molecule has 20 aliphatic rings. The lowest BCUT2D eigenvalue weighted by Gasteiger charge is -2.63. The van der Waals surface area contributed by atoms with Crippen molar-refractivity contribution in [2.24, 2.45) is 93.7 Å². The van der Waals surface area contributed by atoms with E-state index in [-0.39, 0.29) is 84.0 Å². The molecule has 0 unspecified atom stereocenters. The summed E-state index contributed by atoms with van der Waals surface area (Å²) in [5.74, 6) is -7.97. The van der Waals surface area contributed by atoms with Crippen LogP contribution < -0.4 is 0 Å². The number of carbonyl (C=O) groups is 4. The highest BCUT2D eigenvalue weighted by atomic mass is 17.3. The lowest BCUT2D eigenvalue weighted by atomic mass is 9.49. The molecule has 28 atom stereocenters. The van der Waals surface area contributed by atoms with Gasteiger partial charge in [0, 0.05) is 73.0 Å². The molecule has 0 aromatic rings. The van der Waals surface area contributed by atoms with E-state index in [2.05, 4.69) is 27.7 Å². The molecule has 4 saturated carbocycles. The molecule has 0 amide bonds. The summed E-state index contributed by atoms with van der Waals surface area (Å²) >= 11 is 0. The van der Waals surface area contributed by atoms with Gasteiger partial charge in [-0.25, -0.2) is 39.1 Å². The molecule has 0 N–H and O–H groups in total. The standard InChI is InChI=1S/C64H90O20/c1-33-13-17-43-37(47(65)69-51-61(43)39(33)21-27-55(5,73-51)77-81-61)31-59(45-19-15-35(3)41-23-29-57(7)75-53(71-49(59)67)63(41,45)83-79-57)25-11-9-10-12-26-60(46-20-16-36(4)42-24-30-58(8)76-54(72-50(60)68)64(42,46)84-80-58)32-38-44-18-14-34(2)40-22-28-56(6)74-52(70-48(38)66)62(40,44)82-78-56/h33-46,51-54H,9-32H2,1-8H3/t33-,34-,35-,36-,37-,38+,39+,40+,41+,42+,43+,44+,45+,46+,51-,52-,53-,54-,55+,56+,57+,58+,59-,60-,61-,62-,63-,64-/m1/s1. The SMILES string of the molecule is C[C@@H]1CC[C@H]2[C@H](C[C@@]3(CCCCCC[C@]4(C[C@H]5C(=O)O[C@@H]6O[C@]7(C)CC[C@H]8[C@H](C)CC[C@@H]5[C@@]68OO7)C(=O)O[C@@H]5O[C@]6(C)CC[C@H]7[C@H](C)CC[C@@H]4[C@@]57OO6)C(=O)O[C@@H]4O[C@]5(C)CC[C@H]6[C@H](C)CC[C@@H]3[C@@]46OO5)C(=O)O[C@@H]3O[C@]4(C)CC[C@@H]1[C@]32OO4. The molecule has 16 aliphatic heterocycles. The fraction of sp³-hybridized carbons (Fsp3) is 0.938. The van der Waals surface area contributed by atoms with Gasteiger partial charge in [0.15, 0.2) is 22.4 Å². The average Bonchev–Trinajstić information content (AvgIpc) is 1.19. The van der Waals surface area contributed by atoms with Crippen LogP contribution in [0.5, 0.6) is 0 Å². The molecule has 4 aliphatic carbocycles. The molecule has 20 nitrogen and oxygen atoms in total. The van der Waals surface area contributed by atoms with Crippen LogP contribution in [0, 0.1) is 93.7 Å². The Balaban J connectivity index is 0.725. The summed E-state index contributed by atoms with van der Waals surface area (Å²) in [4.78, 5) is 113. The van der Waals surface area contributed by atoms with Gasteiger partial charge in [-0.2, -0.15) is 0 Å². The number of rotatable bonds is 11. The van der Waals surface area contributed by atoms with Crippen LogP contribution in [0.15, 0.2) is 0 Å². The van der Waals surface area contributed by atoms with Gasteiger partial charge in [0.25, 0.3) is 0 Å². The molecule has 16 saturated heterocycles. The molecule has 20 fully saturated rings. The first-order valence-corrected chi connectivity index (χ1v) is 33.1. The highest BCUT2D eigenvalue weighted by Crippen LogP contribution is 2.70. The Morgan fingerprint density at radius 3 is 1.01 bits per heavy atom. The molecule has 0 aromatic heterocycles. The fourth-order valence-corrected chi connectivity index (χ4v) is 22.4. The largest absolute Gasteiger partial charge is 0.432 e. The molecule has 20 rings (SSSR count). The number of carbonyl (C=O) groups excluding carboxylic acids is 4. The second kappa shape index (κ2) is 19.0. The van der Waals surface area contributed by atoms with Gasteiger partial charge in [-0.3, -0.25) is 19.2 Å². The summed E-state index contributed by atoms with van der Waals surface area (Å²) in [6.45, 7) is 16.4. The number of esters is 4. The topological polar surface area (TPSA) is 216 Å². The second-order valence-electron chi connectivity index (χ2n) is 31.1. The molecular formula is C64H90O20. The van der Waals surface area contributed by atoms with Crippen LogP contribution >= 0.6 is 0 Å². The van der Waals surface area contributed by atoms with E-state index in [1.807, 2.05) is 27.7 Å². The maximum absolute atomic E-state index is 15.7. The Labute approximate surface area is 492 Å². The molecule has 466 valence electrons. The lowest BCUT2D eigenvalue weighted by Crippen LogP contribution is -2.74. The van der Waals surface area contributed by atoms with Gasteiger partial charge in [-0.15, -0.1) is 0 Å². The van der Waals surface area contributed by atoms with Crippen molar-refractivity contribution < 1.29 is 96.2 Å². The van der Waals surface area contributed by atoms with E-state index >= 15 is 19.2 Å². The van der Waals surface area contributed by atoms with Gasteiger partial charge in [0.2, 0.25) is 48.3 Å². The van der Waals surface area contributed by atoms with Crippen LogP contribution in [0.2, 0.25) is 0 Å². The summed E-state index contributed by atoms with van der Waals surface area (Å²) < 4.78 is 52.8. The summed E-state index contributed by atoms with van der Waals surface area (Å²) in [5.41, 5.74) is -6.76. The number of hydrogen-bond donors (Lipinski definition) is 0. The Bertz CT molecular complexity index is 2530. The fourth-order valence-electron chi connectivity index (χ4n) is 22.4. The van der Waals surface area contributed by atoms with Gasteiger partial charge < -0.3 is 37.9 Å². The number of unbranched alkanes of at least 4 members (excludes halogenated alkanes) is 3. The Kier molecular flexibility index (Phi) is 12.8. The zero-order valence-corrected chi connectivity index (χ0v) is 50.5. The van der Waals surface area contributed by atoms with Gasteiger partial charge in [-0.05, 0) is 154 Å². The third-order valence-electron chi connectivity index (χ3n) is 26.7. The quantitative estimate of drug-likeness (QED) is 0.0813. The summed E-state index contributed by atoms with van der Waals surface area (Å²) in [7, 11) is 0. The maximum Gasteiger partial charge on any atom is 0.314 e.